The van der Waals surface area contributed by atoms with E-state index in [2.05, 4.69) is 23.1 Å². The summed E-state index contributed by atoms with van der Waals surface area (Å²) >= 11 is 0. The molecule has 5 heteroatoms. The predicted molar refractivity (Wildman–Crippen MR) is 81.0 cm³/mol. The van der Waals surface area contributed by atoms with Crippen LogP contribution < -0.4 is 0 Å². The summed E-state index contributed by atoms with van der Waals surface area (Å²) in [7, 11) is 1.99. The van der Waals surface area contributed by atoms with Crippen molar-refractivity contribution in [3.63, 3.8) is 0 Å². The number of hydrogen-bond donors (Lipinski definition) is 1. The Morgan fingerprint density at radius 3 is 3.00 bits per heavy atom. The normalized spacial score (nSPS) is 30.9. The molecule has 0 spiro atoms. The minimum absolute atomic E-state index is 0.154. The fraction of sp³-hybridized carbons (Fsp3) is 0.812. The topological polar surface area (TPSA) is 50.5 Å². The molecule has 21 heavy (non-hydrogen) atoms. The fourth-order valence-electron chi connectivity index (χ4n) is 3.90. The first-order valence-electron chi connectivity index (χ1n) is 8.20. The third kappa shape index (κ3) is 3.15. The Labute approximate surface area is 126 Å². The summed E-state index contributed by atoms with van der Waals surface area (Å²) in [5, 5.41) is 14.8. The first-order valence-corrected chi connectivity index (χ1v) is 8.20. The largest absolute Gasteiger partial charge is 0.393 e. The summed E-state index contributed by atoms with van der Waals surface area (Å²) in [6.45, 7) is 5.58. The molecule has 5 nitrogen and oxygen atoms in total. The van der Waals surface area contributed by atoms with Crippen molar-refractivity contribution in [1.29, 1.82) is 0 Å². The average molecular weight is 293 g/mol. The highest BCUT2D eigenvalue weighted by atomic mass is 16.5. The van der Waals surface area contributed by atoms with Crippen LogP contribution in [0.15, 0.2) is 6.20 Å². The highest BCUT2D eigenvalue weighted by Gasteiger charge is 2.37. The molecule has 0 radical (unpaired) electrons. The highest BCUT2D eigenvalue weighted by molar-refractivity contribution is 5.17. The molecule has 1 aromatic heterocycles. The Kier molecular flexibility index (Phi) is 4.62. The van der Waals surface area contributed by atoms with Gasteiger partial charge in [-0.15, -0.1) is 0 Å². The van der Waals surface area contributed by atoms with Crippen LogP contribution in [-0.2, 0) is 24.8 Å². The molecule has 3 rings (SSSR count). The fourth-order valence-corrected chi connectivity index (χ4v) is 3.90. The van der Waals surface area contributed by atoms with E-state index >= 15 is 0 Å². The number of ether oxygens (including phenoxy) is 1. The van der Waals surface area contributed by atoms with E-state index < -0.39 is 0 Å². The van der Waals surface area contributed by atoms with Crippen molar-refractivity contribution < 1.29 is 9.84 Å². The molecular formula is C16H27N3O2. The van der Waals surface area contributed by atoms with Crippen LogP contribution in [0.2, 0.25) is 0 Å². The second kappa shape index (κ2) is 6.46. The molecule has 3 atom stereocenters. The first kappa shape index (κ1) is 15.0. The van der Waals surface area contributed by atoms with Crippen LogP contribution in [-0.4, -0.2) is 51.7 Å². The minimum atomic E-state index is -0.154. The van der Waals surface area contributed by atoms with E-state index in [4.69, 9.17) is 4.74 Å². The van der Waals surface area contributed by atoms with Crippen molar-refractivity contribution >= 4 is 0 Å². The van der Waals surface area contributed by atoms with Gasteiger partial charge in [-0.25, -0.2) is 0 Å². The Bertz CT molecular complexity index is 474. The van der Waals surface area contributed by atoms with Crippen LogP contribution in [0.25, 0.3) is 0 Å². The van der Waals surface area contributed by atoms with Crippen molar-refractivity contribution in [2.75, 3.05) is 19.8 Å². The second-order valence-electron chi connectivity index (χ2n) is 6.40. The van der Waals surface area contributed by atoms with E-state index in [1.54, 1.807) is 0 Å². The third-order valence-corrected chi connectivity index (χ3v) is 5.01. The van der Waals surface area contributed by atoms with E-state index in [0.29, 0.717) is 12.0 Å². The molecule has 2 aliphatic rings. The Morgan fingerprint density at radius 1 is 1.43 bits per heavy atom. The molecule has 1 saturated carbocycles. The maximum absolute atomic E-state index is 10.2. The number of aromatic nitrogens is 2. The zero-order chi connectivity index (χ0) is 14.8. The van der Waals surface area contributed by atoms with Crippen LogP contribution in [0.3, 0.4) is 0 Å². The van der Waals surface area contributed by atoms with Gasteiger partial charge in [-0.05, 0) is 19.3 Å². The van der Waals surface area contributed by atoms with Gasteiger partial charge in [-0.1, -0.05) is 13.3 Å². The van der Waals surface area contributed by atoms with E-state index in [-0.39, 0.29) is 6.10 Å². The highest BCUT2D eigenvalue weighted by Crippen LogP contribution is 2.33. The Hall–Kier alpha value is -0.910. The van der Waals surface area contributed by atoms with Crippen LogP contribution in [0, 0.1) is 5.92 Å². The van der Waals surface area contributed by atoms with Gasteiger partial charge in [0.2, 0.25) is 0 Å². The number of morpholine rings is 1. The maximum atomic E-state index is 10.2. The van der Waals surface area contributed by atoms with Gasteiger partial charge in [0.05, 0.1) is 25.0 Å². The number of hydrogen-bond acceptors (Lipinski definition) is 4. The molecule has 1 aliphatic carbocycles. The van der Waals surface area contributed by atoms with Crippen LogP contribution in [0.4, 0.5) is 0 Å². The average Bonchev–Trinajstić information content (AvgIpc) is 3.05. The summed E-state index contributed by atoms with van der Waals surface area (Å²) in [6.07, 6.45) is 6.16. The molecule has 1 N–H and O–H groups in total. The van der Waals surface area contributed by atoms with Crippen molar-refractivity contribution in [3.8, 4) is 0 Å². The number of nitrogens with zero attached hydrogens (tertiary/aromatic N) is 3. The third-order valence-electron chi connectivity index (χ3n) is 5.01. The zero-order valence-electron chi connectivity index (χ0n) is 13.2. The molecule has 0 aromatic carbocycles. The smallest absolute Gasteiger partial charge is 0.0666 e. The molecule has 0 bridgehead atoms. The molecule has 1 saturated heterocycles. The van der Waals surface area contributed by atoms with Crippen molar-refractivity contribution in [1.82, 2.24) is 14.7 Å². The van der Waals surface area contributed by atoms with Gasteiger partial charge in [0.15, 0.2) is 0 Å². The summed E-state index contributed by atoms with van der Waals surface area (Å²) in [4.78, 5) is 2.50. The molecule has 3 unspecified atom stereocenters. The molecule has 1 aliphatic heterocycles. The number of aliphatic hydroxyl groups is 1. The summed E-state index contributed by atoms with van der Waals surface area (Å²) < 4.78 is 7.61. The number of aliphatic hydroxyl groups excluding tert-OH is 1. The lowest BCUT2D eigenvalue weighted by molar-refractivity contribution is -0.0537. The van der Waals surface area contributed by atoms with E-state index in [1.165, 1.54) is 11.3 Å². The van der Waals surface area contributed by atoms with E-state index in [1.807, 2.05) is 11.7 Å². The number of rotatable bonds is 4. The van der Waals surface area contributed by atoms with Gasteiger partial charge < -0.3 is 9.84 Å². The van der Waals surface area contributed by atoms with E-state index in [0.717, 1.165) is 52.0 Å². The summed E-state index contributed by atoms with van der Waals surface area (Å²) in [5.74, 6) is 0.368. The van der Waals surface area contributed by atoms with Gasteiger partial charge in [0.1, 0.15) is 0 Å². The quantitative estimate of drug-likeness (QED) is 0.910. The molecular weight excluding hydrogens is 266 g/mol. The van der Waals surface area contributed by atoms with Crippen LogP contribution in [0.1, 0.15) is 37.4 Å². The van der Waals surface area contributed by atoms with Gasteiger partial charge in [0, 0.05) is 43.9 Å². The first-order chi connectivity index (χ1) is 10.2. The van der Waals surface area contributed by atoms with Crippen molar-refractivity contribution in [2.24, 2.45) is 13.0 Å². The molecule has 1 aromatic rings. The van der Waals surface area contributed by atoms with Crippen molar-refractivity contribution in [3.05, 3.63) is 17.5 Å². The van der Waals surface area contributed by atoms with Gasteiger partial charge >= 0.3 is 0 Å². The standard InChI is InChI=1S/C16H27N3O2/c1-3-14-12(9-18(2)17-14)10-19-7-8-21-11-15(19)13-5-4-6-16(13)20/h9,13,15-16,20H,3-8,10-11H2,1-2H3. The predicted octanol–water partition coefficient (Wildman–Crippen LogP) is 1.34. The summed E-state index contributed by atoms with van der Waals surface area (Å²) in [5.41, 5.74) is 2.51. The molecule has 0 amide bonds. The second-order valence-corrected chi connectivity index (χ2v) is 6.40. The summed E-state index contributed by atoms with van der Waals surface area (Å²) in [6, 6.07) is 0.348. The van der Waals surface area contributed by atoms with Crippen molar-refractivity contribution in [2.45, 2.75) is 51.3 Å². The lowest BCUT2D eigenvalue weighted by atomic mass is 9.94. The van der Waals surface area contributed by atoms with Gasteiger partial charge in [-0.3, -0.25) is 9.58 Å². The van der Waals surface area contributed by atoms with E-state index in [9.17, 15) is 5.11 Å². The SMILES string of the molecule is CCc1nn(C)cc1CN1CCOCC1C1CCCC1O. The van der Waals surface area contributed by atoms with Crippen LogP contribution in [0.5, 0.6) is 0 Å². The Balaban J connectivity index is 1.74. The molecule has 2 fully saturated rings. The van der Waals surface area contributed by atoms with Gasteiger partial charge in [0.25, 0.3) is 0 Å². The lowest BCUT2D eigenvalue weighted by Gasteiger charge is -2.40. The maximum Gasteiger partial charge on any atom is 0.0666 e. The molecule has 2 heterocycles. The molecule has 118 valence electrons. The monoisotopic (exact) mass is 293 g/mol. The lowest BCUT2D eigenvalue weighted by Crippen LogP contribution is -2.50. The number of aryl methyl sites for hydroxylation is 2. The zero-order valence-corrected chi connectivity index (χ0v) is 13.2. The minimum Gasteiger partial charge on any atom is -0.393 e. The van der Waals surface area contributed by atoms with Crippen LogP contribution >= 0.6 is 0 Å². The van der Waals surface area contributed by atoms with Gasteiger partial charge in [-0.2, -0.15) is 5.10 Å². The Morgan fingerprint density at radius 2 is 2.29 bits per heavy atom.